The zero-order valence-corrected chi connectivity index (χ0v) is 15.4. The van der Waals surface area contributed by atoms with Crippen molar-refractivity contribution in [3.05, 3.63) is 35.0 Å². The van der Waals surface area contributed by atoms with Crippen molar-refractivity contribution in [2.75, 3.05) is 24.5 Å². The van der Waals surface area contributed by atoms with Gasteiger partial charge in [-0.2, -0.15) is 10.4 Å². The molecule has 1 saturated heterocycles. The SMILES string of the molecule is CCn1ccnc1CN1CCN(c2nnc(C)c(C)c2C#N)C[C@@H]1C. The van der Waals surface area contributed by atoms with E-state index in [1.165, 1.54) is 0 Å². The second kappa shape index (κ2) is 7.19. The molecule has 3 rings (SSSR count). The smallest absolute Gasteiger partial charge is 0.169 e. The molecule has 2 aromatic heterocycles. The van der Waals surface area contributed by atoms with Crippen LogP contribution in [0.15, 0.2) is 12.4 Å². The molecular formula is C18H25N7. The van der Waals surface area contributed by atoms with Crippen LogP contribution in [0, 0.1) is 25.2 Å². The Morgan fingerprint density at radius 2 is 2.08 bits per heavy atom. The number of imidazole rings is 1. The Labute approximate surface area is 148 Å². The molecule has 0 unspecified atom stereocenters. The molecule has 3 heterocycles. The molecular weight excluding hydrogens is 314 g/mol. The number of aryl methyl sites for hydroxylation is 2. The lowest BCUT2D eigenvalue weighted by molar-refractivity contribution is 0.174. The fraction of sp³-hybridized carbons (Fsp3) is 0.556. The van der Waals surface area contributed by atoms with Crippen LogP contribution in [-0.2, 0) is 13.1 Å². The maximum Gasteiger partial charge on any atom is 0.169 e. The first-order chi connectivity index (χ1) is 12.0. The molecule has 0 aromatic carbocycles. The van der Waals surface area contributed by atoms with Crippen LogP contribution in [0.5, 0.6) is 0 Å². The van der Waals surface area contributed by atoms with E-state index < -0.39 is 0 Å². The third-order valence-corrected chi connectivity index (χ3v) is 5.10. The number of hydrogen-bond donors (Lipinski definition) is 0. The van der Waals surface area contributed by atoms with Crippen molar-refractivity contribution in [1.29, 1.82) is 5.26 Å². The minimum absolute atomic E-state index is 0.353. The number of nitriles is 1. The van der Waals surface area contributed by atoms with Gasteiger partial charge >= 0.3 is 0 Å². The predicted molar refractivity (Wildman–Crippen MR) is 96.2 cm³/mol. The molecule has 0 aliphatic carbocycles. The Balaban J connectivity index is 1.74. The van der Waals surface area contributed by atoms with Gasteiger partial charge in [0.05, 0.1) is 12.2 Å². The Kier molecular flexibility index (Phi) is 5.00. The van der Waals surface area contributed by atoms with Gasteiger partial charge in [0.1, 0.15) is 17.5 Å². The molecule has 0 N–H and O–H groups in total. The van der Waals surface area contributed by atoms with E-state index in [4.69, 9.17) is 0 Å². The lowest BCUT2D eigenvalue weighted by atomic mass is 10.1. The van der Waals surface area contributed by atoms with Gasteiger partial charge in [0.25, 0.3) is 0 Å². The minimum Gasteiger partial charge on any atom is -0.351 e. The highest BCUT2D eigenvalue weighted by Gasteiger charge is 2.27. The molecule has 25 heavy (non-hydrogen) atoms. The van der Waals surface area contributed by atoms with E-state index in [9.17, 15) is 5.26 Å². The topological polar surface area (TPSA) is 73.9 Å². The summed E-state index contributed by atoms with van der Waals surface area (Å²) in [4.78, 5) is 9.11. The molecule has 1 aliphatic heterocycles. The lowest BCUT2D eigenvalue weighted by Gasteiger charge is -2.40. The fourth-order valence-electron chi connectivity index (χ4n) is 3.33. The molecule has 0 bridgehead atoms. The van der Waals surface area contributed by atoms with Crippen molar-refractivity contribution in [1.82, 2.24) is 24.6 Å². The van der Waals surface area contributed by atoms with Gasteiger partial charge in [0.15, 0.2) is 5.82 Å². The summed E-state index contributed by atoms with van der Waals surface area (Å²) in [6, 6.07) is 2.66. The summed E-state index contributed by atoms with van der Waals surface area (Å²) in [6.07, 6.45) is 3.89. The van der Waals surface area contributed by atoms with Crippen molar-refractivity contribution in [2.24, 2.45) is 0 Å². The molecule has 132 valence electrons. The van der Waals surface area contributed by atoms with Crippen molar-refractivity contribution < 1.29 is 0 Å². The van der Waals surface area contributed by atoms with Crippen LogP contribution in [0.2, 0.25) is 0 Å². The van der Waals surface area contributed by atoms with Crippen molar-refractivity contribution in [3.8, 4) is 6.07 Å². The summed E-state index contributed by atoms with van der Waals surface area (Å²) in [7, 11) is 0. The zero-order chi connectivity index (χ0) is 18.0. The molecule has 0 saturated carbocycles. The highest BCUT2D eigenvalue weighted by Crippen LogP contribution is 2.24. The highest BCUT2D eigenvalue weighted by atomic mass is 15.3. The second-order valence-electron chi connectivity index (χ2n) is 6.62. The average molecular weight is 339 g/mol. The Morgan fingerprint density at radius 1 is 1.28 bits per heavy atom. The van der Waals surface area contributed by atoms with Crippen LogP contribution < -0.4 is 4.90 Å². The molecule has 7 nitrogen and oxygen atoms in total. The van der Waals surface area contributed by atoms with E-state index in [0.717, 1.165) is 49.8 Å². The third kappa shape index (κ3) is 3.35. The highest BCUT2D eigenvalue weighted by molar-refractivity contribution is 5.57. The summed E-state index contributed by atoms with van der Waals surface area (Å²) >= 11 is 0. The van der Waals surface area contributed by atoms with Crippen molar-refractivity contribution >= 4 is 5.82 Å². The molecule has 7 heteroatoms. The molecule has 0 amide bonds. The van der Waals surface area contributed by atoms with E-state index in [0.29, 0.717) is 17.4 Å². The number of rotatable bonds is 4. The lowest BCUT2D eigenvalue weighted by Crippen LogP contribution is -2.52. The van der Waals surface area contributed by atoms with E-state index in [1.54, 1.807) is 0 Å². The van der Waals surface area contributed by atoms with Crippen LogP contribution in [0.25, 0.3) is 0 Å². The standard InChI is InChI=1S/C18H25N7/c1-5-23-7-6-20-17(23)12-24-8-9-25(11-13(24)2)18-16(10-19)14(3)15(4)21-22-18/h6-7,13H,5,8-9,11-12H2,1-4H3/t13-/m0/s1. The number of anilines is 1. The molecule has 0 spiro atoms. The Hall–Kier alpha value is -2.46. The third-order valence-electron chi connectivity index (χ3n) is 5.10. The van der Waals surface area contributed by atoms with Crippen molar-refractivity contribution in [2.45, 2.75) is 46.8 Å². The first kappa shape index (κ1) is 17.4. The first-order valence-corrected chi connectivity index (χ1v) is 8.78. The fourth-order valence-corrected chi connectivity index (χ4v) is 3.33. The van der Waals surface area contributed by atoms with E-state index in [2.05, 4.69) is 49.5 Å². The van der Waals surface area contributed by atoms with Gasteiger partial charge < -0.3 is 9.47 Å². The van der Waals surface area contributed by atoms with Crippen LogP contribution in [0.3, 0.4) is 0 Å². The quantitative estimate of drug-likeness (QED) is 0.847. The van der Waals surface area contributed by atoms with Gasteiger partial charge in [-0.15, -0.1) is 5.10 Å². The van der Waals surface area contributed by atoms with Crippen molar-refractivity contribution in [3.63, 3.8) is 0 Å². The molecule has 2 aromatic rings. The molecule has 1 aliphatic rings. The number of hydrogen-bond acceptors (Lipinski definition) is 6. The van der Waals surface area contributed by atoms with Gasteiger partial charge in [-0.05, 0) is 33.3 Å². The molecule has 1 atom stereocenters. The Morgan fingerprint density at radius 3 is 2.76 bits per heavy atom. The second-order valence-corrected chi connectivity index (χ2v) is 6.62. The van der Waals surface area contributed by atoms with Gasteiger partial charge in [-0.1, -0.05) is 0 Å². The van der Waals surface area contributed by atoms with Crippen LogP contribution in [-0.4, -0.2) is 50.3 Å². The first-order valence-electron chi connectivity index (χ1n) is 8.78. The normalized spacial score (nSPS) is 18.4. The van der Waals surface area contributed by atoms with Gasteiger partial charge in [-0.3, -0.25) is 4.90 Å². The summed E-state index contributed by atoms with van der Waals surface area (Å²) in [5, 5.41) is 18.1. The van der Waals surface area contributed by atoms with Gasteiger partial charge in [0, 0.05) is 44.6 Å². The average Bonchev–Trinajstić information content (AvgIpc) is 3.06. The number of piperazine rings is 1. The summed E-state index contributed by atoms with van der Waals surface area (Å²) < 4.78 is 2.18. The van der Waals surface area contributed by atoms with Gasteiger partial charge in [0.2, 0.25) is 0 Å². The number of nitrogens with zero attached hydrogens (tertiary/aromatic N) is 7. The maximum atomic E-state index is 9.54. The largest absolute Gasteiger partial charge is 0.351 e. The van der Waals surface area contributed by atoms with Crippen LogP contribution in [0.1, 0.15) is 36.5 Å². The van der Waals surface area contributed by atoms with Gasteiger partial charge in [-0.25, -0.2) is 4.98 Å². The summed E-state index contributed by atoms with van der Waals surface area (Å²) in [5.74, 6) is 1.82. The Bertz CT molecular complexity index is 789. The molecule has 0 radical (unpaired) electrons. The minimum atomic E-state index is 0.353. The zero-order valence-electron chi connectivity index (χ0n) is 15.4. The number of aromatic nitrogens is 4. The monoisotopic (exact) mass is 339 g/mol. The molecule has 1 fully saturated rings. The summed E-state index contributed by atoms with van der Waals surface area (Å²) in [5.41, 5.74) is 2.39. The van der Waals surface area contributed by atoms with Crippen LogP contribution >= 0.6 is 0 Å². The van der Waals surface area contributed by atoms with E-state index in [1.807, 2.05) is 26.2 Å². The summed E-state index contributed by atoms with van der Waals surface area (Å²) in [6.45, 7) is 12.5. The van der Waals surface area contributed by atoms with E-state index in [-0.39, 0.29) is 0 Å². The maximum absolute atomic E-state index is 9.54. The van der Waals surface area contributed by atoms with Crippen LogP contribution in [0.4, 0.5) is 5.82 Å². The predicted octanol–water partition coefficient (Wildman–Crippen LogP) is 1.89. The van der Waals surface area contributed by atoms with E-state index >= 15 is 0 Å².